The molecule has 2 aromatic heterocycles. The SMILES string of the molecule is O=c1c(CN2CCc3nc(-c4ccc(Cl)cc4)ncc3C2)coc2ccc(F)cc12. The maximum absolute atomic E-state index is 13.5. The van der Waals surface area contributed by atoms with E-state index in [1.54, 1.807) is 0 Å². The Bertz CT molecular complexity index is 1300. The van der Waals surface area contributed by atoms with Crippen LogP contribution in [0.4, 0.5) is 4.39 Å². The van der Waals surface area contributed by atoms with Crippen LogP contribution in [0.1, 0.15) is 16.8 Å². The van der Waals surface area contributed by atoms with Crippen molar-refractivity contribution in [2.45, 2.75) is 19.5 Å². The number of hydrogen-bond acceptors (Lipinski definition) is 5. The molecule has 5 nitrogen and oxygen atoms in total. The normalized spacial score (nSPS) is 14.1. The molecule has 7 heteroatoms. The molecule has 0 fully saturated rings. The Hall–Kier alpha value is -3.09. The summed E-state index contributed by atoms with van der Waals surface area (Å²) in [6.45, 7) is 1.81. The predicted molar refractivity (Wildman–Crippen MR) is 113 cm³/mol. The van der Waals surface area contributed by atoms with Gasteiger partial charge >= 0.3 is 0 Å². The molecule has 5 rings (SSSR count). The molecular formula is C23H17ClFN3O2. The standard InChI is InChI=1S/C23H17ClFN3O2/c24-17-3-1-14(2-4-17)23-26-10-15-11-28(8-7-20(15)27-23)12-16-13-30-21-6-5-18(25)9-19(21)22(16)29/h1-6,9-10,13H,7-8,11-12H2. The number of rotatable bonds is 3. The quantitative estimate of drug-likeness (QED) is 0.484. The first-order chi connectivity index (χ1) is 14.6. The molecule has 0 amide bonds. The van der Waals surface area contributed by atoms with Crippen molar-refractivity contribution in [2.24, 2.45) is 0 Å². The number of aromatic nitrogens is 2. The second kappa shape index (κ2) is 7.63. The Labute approximate surface area is 176 Å². The third kappa shape index (κ3) is 3.60. The van der Waals surface area contributed by atoms with Gasteiger partial charge in [0.05, 0.1) is 17.3 Å². The van der Waals surface area contributed by atoms with Crippen molar-refractivity contribution in [3.05, 3.63) is 92.8 Å². The van der Waals surface area contributed by atoms with Crippen molar-refractivity contribution in [1.82, 2.24) is 14.9 Å². The third-order valence-electron chi connectivity index (χ3n) is 5.32. The van der Waals surface area contributed by atoms with Crippen LogP contribution in [-0.2, 0) is 19.5 Å². The van der Waals surface area contributed by atoms with Gasteiger partial charge in [0.2, 0.25) is 0 Å². The van der Waals surface area contributed by atoms with Gasteiger partial charge in [0.15, 0.2) is 11.3 Å². The molecule has 0 N–H and O–H groups in total. The molecule has 0 aliphatic carbocycles. The summed E-state index contributed by atoms with van der Waals surface area (Å²) in [5, 5.41) is 0.939. The van der Waals surface area contributed by atoms with Crippen molar-refractivity contribution in [2.75, 3.05) is 6.54 Å². The Morgan fingerprint density at radius 2 is 2.00 bits per heavy atom. The van der Waals surface area contributed by atoms with Gasteiger partial charge in [-0.15, -0.1) is 0 Å². The molecular weight excluding hydrogens is 405 g/mol. The van der Waals surface area contributed by atoms with Crippen LogP contribution >= 0.6 is 11.6 Å². The summed E-state index contributed by atoms with van der Waals surface area (Å²) >= 11 is 5.95. The fraction of sp³-hybridized carbons (Fsp3) is 0.174. The van der Waals surface area contributed by atoms with Crippen LogP contribution in [0.15, 0.2) is 64.1 Å². The van der Waals surface area contributed by atoms with Crippen molar-refractivity contribution < 1.29 is 8.81 Å². The lowest BCUT2D eigenvalue weighted by Gasteiger charge is -2.27. The Morgan fingerprint density at radius 3 is 2.83 bits per heavy atom. The molecule has 1 aliphatic heterocycles. The summed E-state index contributed by atoms with van der Waals surface area (Å²) in [6, 6.07) is 11.4. The minimum atomic E-state index is -0.451. The summed E-state index contributed by atoms with van der Waals surface area (Å²) in [5.41, 5.74) is 3.67. The predicted octanol–water partition coefficient (Wildman–Crippen LogP) is 4.60. The number of halogens is 2. The maximum atomic E-state index is 13.5. The van der Waals surface area contributed by atoms with E-state index in [2.05, 4.69) is 9.88 Å². The molecule has 4 aromatic rings. The fourth-order valence-corrected chi connectivity index (χ4v) is 3.87. The second-order valence-electron chi connectivity index (χ2n) is 7.36. The van der Waals surface area contributed by atoms with Gasteiger partial charge in [0.25, 0.3) is 0 Å². The summed E-state index contributed by atoms with van der Waals surface area (Å²) in [7, 11) is 0. The van der Waals surface area contributed by atoms with Crippen LogP contribution in [0.5, 0.6) is 0 Å². The van der Waals surface area contributed by atoms with E-state index in [9.17, 15) is 9.18 Å². The summed E-state index contributed by atoms with van der Waals surface area (Å²) in [4.78, 5) is 24.1. The fourth-order valence-electron chi connectivity index (χ4n) is 3.74. The smallest absolute Gasteiger partial charge is 0.197 e. The molecule has 0 saturated carbocycles. The molecule has 1 aliphatic rings. The zero-order chi connectivity index (χ0) is 20.7. The van der Waals surface area contributed by atoms with Gasteiger partial charge in [-0.1, -0.05) is 11.6 Å². The second-order valence-corrected chi connectivity index (χ2v) is 7.80. The third-order valence-corrected chi connectivity index (χ3v) is 5.57. The Kier molecular flexibility index (Phi) is 4.81. The average Bonchev–Trinajstić information content (AvgIpc) is 2.76. The number of nitrogens with zero attached hydrogens (tertiary/aromatic N) is 3. The topological polar surface area (TPSA) is 59.2 Å². The van der Waals surface area contributed by atoms with Crippen LogP contribution in [0.3, 0.4) is 0 Å². The van der Waals surface area contributed by atoms with Gasteiger partial charge in [0, 0.05) is 54.0 Å². The molecule has 150 valence electrons. The summed E-state index contributed by atoms with van der Waals surface area (Å²) < 4.78 is 19.1. The van der Waals surface area contributed by atoms with E-state index in [1.807, 2.05) is 30.5 Å². The molecule has 0 unspecified atom stereocenters. The van der Waals surface area contributed by atoms with Crippen LogP contribution < -0.4 is 5.43 Å². The van der Waals surface area contributed by atoms with Crippen molar-refractivity contribution in [3.63, 3.8) is 0 Å². The van der Waals surface area contributed by atoms with E-state index in [0.717, 1.165) is 29.8 Å². The maximum Gasteiger partial charge on any atom is 0.197 e. The van der Waals surface area contributed by atoms with Gasteiger partial charge in [-0.25, -0.2) is 14.4 Å². The summed E-state index contributed by atoms with van der Waals surface area (Å²) in [6.07, 6.45) is 4.07. The zero-order valence-electron chi connectivity index (χ0n) is 15.9. The lowest BCUT2D eigenvalue weighted by atomic mass is 10.1. The Balaban J connectivity index is 1.37. The highest BCUT2D eigenvalue weighted by Crippen LogP contribution is 2.23. The number of hydrogen-bond donors (Lipinski definition) is 0. The Morgan fingerprint density at radius 1 is 1.17 bits per heavy atom. The van der Waals surface area contributed by atoms with E-state index < -0.39 is 5.82 Å². The van der Waals surface area contributed by atoms with Crippen molar-refractivity contribution in [3.8, 4) is 11.4 Å². The molecule has 3 heterocycles. The molecule has 2 aromatic carbocycles. The first kappa shape index (κ1) is 18.9. The first-order valence-corrected chi connectivity index (χ1v) is 9.97. The van der Waals surface area contributed by atoms with E-state index in [0.29, 0.717) is 35.1 Å². The molecule has 0 radical (unpaired) electrons. The van der Waals surface area contributed by atoms with E-state index in [1.165, 1.54) is 24.5 Å². The minimum absolute atomic E-state index is 0.198. The van der Waals surface area contributed by atoms with Gasteiger partial charge in [-0.05, 0) is 42.5 Å². The van der Waals surface area contributed by atoms with Gasteiger partial charge in [0.1, 0.15) is 11.4 Å². The van der Waals surface area contributed by atoms with Crippen LogP contribution in [0, 0.1) is 5.82 Å². The molecule has 0 saturated heterocycles. The lowest BCUT2D eigenvalue weighted by Crippen LogP contribution is -2.32. The molecule has 0 atom stereocenters. The monoisotopic (exact) mass is 421 g/mol. The van der Waals surface area contributed by atoms with Gasteiger partial charge < -0.3 is 4.42 Å². The zero-order valence-corrected chi connectivity index (χ0v) is 16.7. The van der Waals surface area contributed by atoms with Crippen molar-refractivity contribution >= 4 is 22.6 Å². The number of benzene rings is 2. The van der Waals surface area contributed by atoms with Crippen LogP contribution in [-0.4, -0.2) is 21.4 Å². The lowest BCUT2D eigenvalue weighted by molar-refractivity contribution is 0.240. The van der Waals surface area contributed by atoms with Gasteiger partial charge in [-0.3, -0.25) is 9.69 Å². The van der Waals surface area contributed by atoms with E-state index in [-0.39, 0.29) is 10.8 Å². The van der Waals surface area contributed by atoms with Crippen LogP contribution in [0.25, 0.3) is 22.4 Å². The highest BCUT2D eigenvalue weighted by Gasteiger charge is 2.20. The highest BCUT2D eigenvalue weighted by molar-refractivity contribution is 6.30. The molecule has 30 heavy (non-hydrogen) atoms. The minimum Gasteiger partial charge on any atom is -0.464 e. The van der Waals surface area contributed by atoms with Crippen LogP contribution in [0.2, 0.25) is 5.02 Å². The van der Waals surface area contributed by atoms with E-state index in [4.69, 9.17) is 21.0 Å². The first-order valence-electron chi connectivity index (χ1n) is 9.60. The molecule has 0 bridgehead atoms. The van der Waals surface area contributed by atoms with Gasteiger partial charge in [-0.2, -0.15) is 0 Å². The molecule has 0 spiro atoms. The van der Waals surface area contributed by atoms with E-state index >= 15 is 0 Å². The largest absolute Gasteiger partial charge is 0.464 e. The summed E-state index contributed by atoms with van der Waals surface area (Å²) in [5.74, 6) is 0.226. The van der Waals surface area contributed by atoms with Crippen molar-refractivity contribution in [1.29, 1.82) is 0 Å². The average molecular weight is 422 g/mol. The highest BCUT2D eigenvalue weighted by atomic mass is 35.5. The number of fused-ring (bicyclic) bond motifs is 2.